The molecular formula is C41H33Cl2F3N4O6. The lowest BCUT2D eigenvalue weighted by molar-refractivity contribution is -0.142. The summed E-state index contributed by atoms with van der Waals surface area (Å²) < 4.78 is 46.1. The molecule has 0 spiro atoms. The van der Waals surface area contributed by atoms with Gasteiger partial charge >= 0.3 is 6.18 Å². The topological polar surface area (TPSA) is 129 Å². The minimum absolute atomic E-state index is 0.00105. The number of carbonyl (C=O) groups is 4. The molecule has 2 aliphatic carbocycles. The van der Waals surface area contributed by atoms with E-state index in [9.17, 15) is 32.7 Å². The van der Waals surface area contributed by atoms with E-state index >= 15 is 4.79 Å². The zero-order valence-corrected chi connectivity index (χ0v) is 30.9. The number of alkyl halides is 3. The van der Waals surface area contributed by atoms with E-state index in [4.69, 9.17) is 27.9 Å². The predicted octanol–water partition coefficient (Wildman–Crippen LogP) is 6.96. The molecule has 2 N–H and O–H groups in total. The molecule has 3 heterocycles. The van der Waals surface area contributed by atoms with Gasteiger partial charge in [0.25, 0.3) is 11.8 Å². The molecule has 1 aromatic heterocycles. The van der Waals surface area contributed by atoms with Crippen molar-refractivity contribution in [2.24, 2.45) is 23.7 Å². The first kappa shape index (κ1) is 37.7. The standard InChI is InChI=1S/C41H33Cl2F3N4O6/c42-26-10-8-24(9-11-26)40-31(37(53)50(39(40)55)48-35-32(43)18-25(20-47-35)41(44,45)46)19-30-28(34(40)23-6-12-27(13-7-23)56-17-16-51)14-15-29-33(30)38(54)49(36(29)52)21-22-4-2-1-3-5-22/h1-14,18,20,29-31,33-34,51H,15-17,19,21H2,(H,47,48). The second-order valence-corrected chi connectivity index (χ2v) is 15.2. The molecule has 288 valence electrons. The second kappa shape index (κ2) is 14.4. The van der Waals surface area contributed by atoms with Crippen molar-refractivity contribution in [1.82, 2.24) is 14.9 Å². The number of likely N-dealkylation sites (tertiary alicyclic amines) is 1. The number of carbonyl (C=O) groups excluding carboxylic acids is 4. The summed E-state index contributed by atoms with van der Waals surface area (Å²) in [7, 11) is 0. The van der Waals surface area contributed by atoms with Crippen molar-refractivity contribution >= 4 is 52.6 Å². The van der Waals surface area contributed by atoms with Gasteiger partial charge in [0.2, 0.25) is 11.8 Å². The molecule has 10 nitrogen and oxygen atoms in total. The molecule has 0 bridgehead atoms. The molecule has 8 rings (SSSR count). The van der Waals surface area contributed by atoms with E-state index in [1.54, 1.807) is 48.5 Å². The second-order valence-electron chi connectivity index (χ2n) is 14.3. The minimum atomic E-state index is -4.74. The molecule has 4 aromatic rings. The SMILES string of the molecule is O=C1C2CC=C3C(CC4C(=O)N(Nc5ncc(C(F)(F)F)cc5Cl)C(=O)C4(c4ccc(Cl)cc4)C3c3ccc(OCCO)cc3)C2C(=O)N1Cc1ccccc1. The number of halogens is 5. The van der Waals surface area contributed by atoms with E-state index in [-0.39, 0.29) is 50.2 Å². The monoisotopic (exact) mass is 804 g/mol. The molecular weight excluding hydrogens is 772 g/mol. The number of aromatic nitrogens is 1. The molecule has 56 heavy (non-hydrogen) atoms. The normalized spacial score (nSPS) is 25.8. The van der Waals surface area contributed by atoms with Crippen molar-refractivity contribution in [3.63, 3.8) is 0 Å². The highest BCUT2D eigenvalue weighted by molar-refractivity contribution is 6.33. The van der Waals surface area contributed by atoms with Crippen molar-refractivity contribution < 1.29 is 42.2 Å². The van der Waals surface area contributed by atoms with Crippen LogP contribution >= 0.6 is 23.2 Å². The lowest BCUT2D eigenvalue weighted by Crippen LogP contribution is -2.53. The Hall–Kier alpha value is -5.24. The molecule has 1 saturated carbocycles. The van der Waals surface area contributed by atoms with E-state index in [0.717, 1.165) is 10.6 Å². The Morgan fingerprint density at radius 1 is 0.911 bits per heavy atom. The zero-order chi connectivity index (χ0) is 39.5. The van der Waals surface area contributed by atoms with Crippen molar-refractivity contribution in [3.8, 4) is 5.75 Å². The summed E-state index contributed by atoms with van der Waals surface area (Å²) in [6, 6.07) is 23.2. The third kappa shape index (κ3) is 6.12. The number of pyridine rings is 1. The van der Waals surface area contributed by atoms with Crippen LogP contribution in [0.4, 0.5) is 19.0 Å². The average molecular weight is 806 g/mol. The Kier molecular flexibility index (Phi) is 9.66. The van der Waals surface area contributed by atoms with Gasteiger partial charge in [-0.05, 0) is 65.8 Å². The van der Waals surface area contributed by atoms with Crippen molar-refractivity contribution in [2.45, 2.75) is 36.9 Å². The number of allylic oxidation sites excluding steroid dienone is 2. The van der Waals surface area contributed by atoms with Gasteiger partial charge in [0.05, 0.1) is 46.9 Å². The van der Waals surface area contributed by atoms with Crippen LogP contribution in [0.15, 0.2) is 103 Å². The first-order valence-electron chi connectivity index (χ1n) is 17.9. The number of nitrogens with zero attached hydrogens (tertiary/aromatic N) is 3. The number of rotatable bonds is 9. The summed E-state index contributed by atoms with van der Waals surface area (Å²) in [5, 5.41) is 9.98. The van der Waals surface area contributed by atoms with Crippen LogP contribution in [0.25, 0.3) is 0 Å². The number of hydrogen-bond acceptors (Lipinski definition) is 8. The van der Waals surface area contributed by atoms with Crippen molar-refractivity contribution in [1.29, 1.82) is 0 Å². The number of anilines is 1. The number of aliphatic hydroxyl groups is 1. The Labute approximate surface area is 328 Å². The predicted molar refractivity (Wildman–Crippen MR) is 198 cm³/mol. The van der Waals surface area contributed by atoms with Gasteiger partial charge in [-0.15, -0.1) is 0 Å². The Balaban J connectivity index is 1.27. The van der Waals surface area contributed by atoms with Crippen LogP contribution in [0.2, 0.25) is 10.0 Å². The van der Waals surface area contributed by atoms with Crippen molar-refractivity contribution in [2.75, 3.05) is 18.6 Å². The van der Waals surface area contributed by atoms with Gasteiger partial charge in [0.15, 0.2) is 5.82 Å². The van der Waals surface area contributed by atoms with E-state index in [2.05, 4.69) is 10.4 Å². The molecule has 6 unspecified atom stereocenters. The highest BCUT2D eigenvalue weighted by Crippen LogP contribution is 2.64. The van der Waals surface area contributed by atoms with Crippen LogP contribution in [0.5, 0.6) is 5.75 Å². The fourth-order valence-electron chi connectivity index (χ4n) is 9.06. The number of ether oxygens (including phenoxy) is 1. The van der Waals surface area contributed by atoms with Gasteiger partial charge in [-0.1, -0.05) is 89.4 Å². The van der Waals surface area contributed by atoms with E-state index in [1.165, 1.54) is 4.90 Å². The van der Waals surface area contributed by atoms with Crippen LogP contribution in [0.1, 0.15) is 41.0 Å². The van der Waals surface area contributed by atoms with E-state index in [0.29, 0.717) is 39.7 Å². The summed E-state index contributed by atoms with van der Waals surface area (Å²) >= 11 is 12.6. The number of nitrogens with one attached hydrogen (secondary N) is 1. The summed E-state index contributed by atoms with van der Waals surface area (Å²) in [6.07, 6.45) is -2.06. The fraction of sp³-hybridized carbons (Fsp3) is 0.293. The first-order chi connectivity index (χ1) is 26.8. The van der Waals surface area contributed by atoms with Crippen LogP contribution < -0.4 is 10.2 Å². The van der Waals surface area contributed by atoms with Crippen LogP contribution in [-0.4, -0.2) is 56.8 Å². The van der Waals surface area contributed by atoms with Crippen molar-refractivity contribution in [3.05, 3.63) is 135 Å². The molecule has 2 saturated heterocycles. The Bertz CT molecular complexity index is 2260. The van der Waals surface area contributed by atoms with Gasteiger partial charge in [0, 0.05) is 17.1 Å². The molecule has 15 heteroatoms. The zero-order valence-electron chi connectivity index (χ0n) is 29.4. The van der Waals surface area contributed by atoms with Gasteiger partial charge in [-0.3, -0.25) is 29.5 Å². The molecule has 0 radical (unpaired) electrons. The van der Waals surface area contributed by atoms with E-state index < -0.39 is 63.6 Å². The summed E-state index contributed by atoms with van der Waals surface area (Å²) in [5.41, 5.74) is 2.37. The first-order valence-corrected chi connectivity index (χ1v) is 18.7. The van der Waals surface area contributed by atoms with Gasteiger partial charge in [0.1, 0.15) is 12.4 Å². The maximum atomic E-state index is 15.3. The molecule has 3 fully saturated rings. The minimum Gasteiger partial charge on any atom is -0.491 e. The maximum Gasteiger partial charge on any atom is 0.417 e. The lowest BCUT2D eigenvalue weighted by atomic mass is 9.49. The summed E-state index contributed by atoms with van der Waals surface area (Å²) in [6.45, 7) is -0.0891. The van der Waals surface area contributed by atoms with E-state index in [1.807, 2.05) is 36.4 Å². The fourth-order valence-corrected chi connectivity index (χ4v) is 9.40. The molecule has 4 aliphatic rings. The van der Waals surface area contributed by atoms with Crippen LogP contribution in [0, 0.1) is 23.7 Å². The third-order valence-corrected chi connectivity index (χ3v) is 11.9. The largest absolute Gasteiger partial charge is 0.491 e. The molecule has 3 aromatic carbocycles. The Morgan fingerprint density at radius 3 is 2.29 bits per heavy atom. The number of imide groups is 2. The van der Waals surface area contributed by atoms with Crippen LogP contribution in [-0.2, 0) is 37.3 Å². The maximum absolute atomic E-state index is 15.3. The third-order valence-electron chi connectivity index (χ3n) is 11.4. The summed E-state index contributed by atoms with van der Waals surface area (Å²) in [5.74, 6) is -6.19. The number of benzene rings is 3. The average Bonchev–Trinajstić information content (AvgIpc) is 3.55. The number of hydrazine groups is 1. The smallest absolute Gasteiger partial charge is 0.417 e. The number of fused-ring (bicyclic) bond motifs is 4. The van der Waals surface area contributed by atoms with Gasteiger partial charge < -0.3 is 9.84 Å². The molecule has 6 atom stereocenters. The molecule has 4 amide bonds. The summed E-state index contributed by atoms with van der Waals surface area (Å²) in [4.78, 5) is 63.6. The highest BCUT2D eigenvalue weighted by atomic mass is 35.5. The Morgan fingerprint density at radius 2 is 1.62 bits per heavy atom. The number of amides is 4. The number of hydrogen-bond donors (Lipinski definition) is 2. The van der Waals surface area contributed by atoms with Crippen LogP contribution in [0.3, 0.4) is 0 Å². The lowest BCUT2D eigenvalue weighted by Gasteiger charge is -2.50. The highest BCUT2D eigenvalue weighted by Gasteiger charge is 2.70. The quantitative estimate of drug-likeness (QED) is 0.137. The van der Waals surface area contributed by atoms with Gasteiger partial charge in [-0.2, -0.15) is 18.2 Å². The number of aliphatic hydroxyl groups excluding tert-OH is 1. The molecule has 2 aliphatic heterocycles. The van der Waals surface area contributed by atoms with Gasteiger partial charge in [-0.25, -0.2) is 4.98 Å².